The molecule has 0 aromatic rings. The third-order valence-electron chi connectivity index (χ3n) is 4.07. The van der Waals surface area contributed by atoms with Crippen LogP contribution in [-0.4, -0.2) is 0 Å². The number of allylic oxidation sites excluding steroid dienone is 20. The summed E-state index contributed by atoms with van der Waals surface area (Å²) in [6.07, 6.45) is 31.2. The van der Waals surface area contributed by atoms with Crippen LogP contribution in [0.2, 0.25) is 0 Å². The predicted octanol–water partition coefficient (Wildman–Crippen LogP) is 9.88. The molecule has 0 saturated carbocycles. The highest BCUT2D eigenvalue weighted by Gasteiger charge is 1.97. The quantitative estimate of drug-likeness (QED) is 0.149. The van der Waals surface area contributed by atoms with Gasteiger partial charge in [0.05, 0.1) is 22.8 Å². The van der Waals surface area contributed by atoms with Crippen LogP contribution in [0.1, 0.15) is 0 Å². The summed E-state index contributed by atoms with van der Waals surface area (Å²) in [7, 11) is 0. The van der Waals surface area contributed by atoms with Crippen LogP contribution >= 0.6 is 0 Å². The van der Waals surface area contributed by atoms with Crippen LogP contribution in [0.4, 0.5) is 0 Å². The molecular weight excluding hydrogens is 440 g/mol. The van der Waals surface area contributed by atoms with Crippen molar-refractivity contribution < 1.29 is 0 Å². The van der Waals surface area contributed by atoms with Crippen molar-refractivity contribution in [1.82, 2.24) is 0 Å². The maximum Gasteiger partial charge on any atom is 0.0851 e. The third-order valence-corrected chi connectivity index (χ3v) is 4.07. The second kappa shape index (κ2) is 20.6. The van der Waals surface area contributed by atoms with Gasteiger partial charge in [0.15, 0.2) is 0 Å². The van der Waals surface area contributed by atoms with E-state index in [9.17, 15) is 0 Å². The lowest BCUT2D eigenvalue weighted by Crippen LogP contribution is -1.83. The van der Waals surface area contributed by atoms with E-state index in [-0.39, 0.29) is 0 Å². The average molecular weight is 475 g/mol. The van der Waals surface area contributed by atoms with Crippen LogP contribution in [-0.2, 0) is 0 Å². The molecule has 0 amide bonds. The highest BCUT2D eigenvalue weighted by Crippen LogP contribution is 2.16. The first-order valence-electron chi connectivity index (χ1n) is 10.9. The zero-order chi connectivity index (χ0) is 27.0. The van der Waals surface area contributed by atoms with Gasteiger partial charge in [-0.1, -0.05) is 113 Å². The maximum absolute atomic E-state index is 4.21. The van der Waals surface area contributed by atoms with E-state index in [1.807, 2.05) is 12.2 Å². The molecule has 0 N–H and O–H groups in total. The van der Waals surface area contributed by atoms with Gasteiger partial charge in [-0.2, -0.15) is 20.5 Å². The van der Waals surface area contributed by atoms with E-state index in [0.29, 0.717) is 22.8 Å². The fourth-order valence-corrected chi connectivity index (χ4v) is 2.18. The molecule has 0 radical (unpaired) electrons. The van der Waals surface area contributed by atoms with E-state index < -0.39 is 0 Å². The summed E-state index contributed by atoms with van der Waals surface area (Å²) in [6.45, 7) is 30.1. The Morgan fingerprint density at radius 2 is 0.639 bits per heavy atom. The molecular formula is C32H34N4. The molecule has 36 heavy (non-hydrogen) atoms. The standard InChI is InChI=1S/C32H34N4/c1-9-17-19-21-29(13-5)33-35-31(15-7)25-23-27(11-3)28(12-4)24-26-32(16-8)36-34-30(14-6)22-20-18-10-2/h9-26H,1-8H2/b19-17-,20-18-,27-23+,28-24+,29-21+,30-22+,31-25+,32-26+,35-33+,36-34+. The van der Waals surface area contributed by atoms with Gasteiger partial charge in [0.2, 0.25) is 0 Å². The first-order chi connectivity index (χ1) is 17.5. The molecule has 4 nitrogen and oxygen atoms in total. The number of hydrogen-bond acceptors (Lipinski definition) is 4. The van der Waals surface area contributed by atoms with Gasteiger partial charge in [-0.3, -0.25) is 0 Å². The zero-order valence-corrected chi connectivity index (χ0v) is 20.8. The van der Waals surface area contributed by atoms with Crippen molar-refractivity contribution in [2.24, 2.45) is 20.5 Å². The summed E-state index contributed by atoms with van der Waals surface area (Å²) >= 11 is 0. The second-order valence-electron chi connectivity index (χ2n) is 6.48. The molecule has 0 bridgehead atoms. The normalized spacial score (nSPS) is 14.4. The monoisotopic (exact) mass is 474 g/mol. The number of azo groups is 2. The molecule has 0 fully saturated rings. The Hall–Kier alpha value is -4.96. The molecule has 0 heterocycles. The van der Waals surface area contributed by atoms with Crippen LogP contribution in [0, 0.1) is 0 Å². The van der Waals surface area contributed by atoms with E-state index in [0.717, 1.165) is 11.1 Å². The van der Waals surface area contributed by atoms with E-state index >= 15 is 0 Å². The molecule has 0 unspecified atom stereocenters. The zero-order valence-electron chi connectivity index (χ0n) is 20.8. The predicted molar refractivity (Wildman–Crippen MR) is 158 cm³/mol. The first kappa shape index (κ1) is 31.0. The molecule has 0 saturated heterocycles. The van der Waals surface area contributed by atoms with Crippen molar-refractivity contribution in [2.45, 2.75) is 0 Å². The Kier molecular flexibility index (Phi) is 17.8. The Bertz CT molecular complexity index is 1060. The summed E-state index contributed by atoms with van der Waals surface area (Å²) < 4.78 is 0. The van der Waals surface area contributed by atoms with Gasteiger partial charge >= 0.3 is 0 Å². The minimum absolute atomic E-state index is 0.559. The second-order valence-corrected chi connectivity index (χ2v) is 6.48. The van der Waals surface area contributed by atoms with Crippen molar-refractivity contribution in [3.05, 3.63) is 196 Å². The van der Waals surface area contributed by atoms with Crippen molar-refractivity contribution >= 4 is 0 Å². The van der Waals surface area contributed by atoms with Crippen molar-refractivity contribution in [2.75, 3.05) is 0 Å². The molecule has 0 aliphatic rings. The molecule has 4 heteroatoms. The SMILES string of the molecule is C=C\C=C/C=C(C=C)/N=N/C(C=C)=C/C=C(C=C)/C(C=C)=C/C=C(C=C)/N=N/C(C=C)=C/C=C\C=C. The molecule has 0 aromatic heterocycles. The Labute approximate surface area is 216 Å². The van der Waals surface area contributed by atoms with Crippen LogP contribution in [0.5, 0.6) is 0 Å². The van der Waals surface area contributed by atoms with Crippen LogP contribution in [0.3, 0.4) is 0 Å². The third kappa shape index (κ3) is 13.6. The van der Waals surface area contributed by atoms with Crippen LogP contribution in [0.15, 0.2) is 216 Å². The minimum Gasteiger partial charge on any atom is -0.151 e. The van der Waals surface area contributed by atoms with E-state index in [1.54, 1.807) is 97.2 Å². The minimum atomic E-state index is 0.559. The van der Waals surface area contributed by atoms with Crippen molar-refractivity contribution in [3.63, 3.8) is 0 Å². The van der Waals surface area contributed by atoms with Gasteiger partial charge in [-0.05, 0) is 59.8 Å². The number of rotatable bonds is 17. The molecule has 0 aromatic carbocycles. The lowest BCUT2D eigenvalue weighted by atomic mass is 10.0. The molecule has 182 valence electrons. The molecule has 0 aliphatic heterocycles. The largest absolute Gasteiger partial charge is 0.151 e. The first-order valence-corrected chi connectivity index (χ1v) is 10.9. The van der Waals surface area contributed by atoms with E-state index in [2.05, 4.69) is 73.1 Å². The molecule has 0 rings (SSSR count). The average Bonchev–Trinajstić information content (AvgIpc) is 2.91. The smallest absolute Gasteiger partial charge is 0.0851 e. The summed E-state index contributed by atoms with van der Waals surface area (Å²) in [6, 6.07) is 0. The molecule has 0 aliphatic carbocycles. The Morgan fingerprint density at radius 1 is 0.333 bits per heavy atom. The van der Waals surface area contributed by atoms with E-state index in [1.165, 1.54) is 0 Å². The molecule has 0 spiro atoms. The Morgan fingerprint density at radius 3 is 0.889 bits per heavy atom. The summed E-state index contributed by atoms with van der Waals surface area (Å²) in [4.78, 5) is 0. The van der Waals surface area contributed by atoms with Gasteiger partial charge < -0.3 is 0 Å². The lowest BCUT2D eigenvalue weighted by Gasteiger charge is -2.02. The highest BCUT2D eigenvalue weighted by atomic mass is 15.1. The maximum atomic E-state index is 4.21. The summed E-state index contributed by atoms with van der Waals surface area (Å²) in [5, 5.41) is 16.8. The van der Waals surface area contributed by atoms with E-state index in [4.69, 9.17) is 0 Å². The fraction of sp³-hybridized carbons (Fsp3) is 0. The Balaban J connectivity index is 6.01. The summed E-state index contributed by atoms with van der Waals surface area (Å²) in [5.74, 6) is 0. The topological polar surface area (TPSA) is 49.4 Å². The van der Waals surface area contributed by atoms with Crippen LogP contribution in [0.25, 0.3) is 0 Å². The van der Waals surface area contributed by atoms with Gasteiger partial charge in [0.25, 0.3) is 0 Å². The highest BCUT2D eigenvalue weighted by molar-refractivity contribution is 5.49. The lowest BCUT2D eigenvalue weighted by molar-refractivity contribution is 1.12. The van der Waals surface area contributed by atoms with Crippen molar-refractivity contribution in [3.8, 4) is 0 Å². The number of hydrogen-bond donors (Lipinski definition) is 0. The van der Waals surface area contributed by atoms with Crippen molar-refractivity contribution in [1.29, 1.82) is 0 Å². The van der Waals surface area contributed by atoms with Gasteiger partial charge in [0.1, 0.15) is 0 Å². The number of nitrogens with zero attached hydrogens (tertiary/aromatic N) is 4. The van der Waals surface area contributed by atoms with Gasteiger partial charge in [-0.25, -0.2) is 0 Å². The van der Waals surface area contributed by atoms with Gasteiger partial charge in [-0.15, -0.1) is 0 Å². The summed E-state index contributed by atoms with van der Waals surface area (Å²) in [5.41, 5.74) is 3.94. The van der Waals surface area contributed by atoms with Gasteiger partial charge in [0, 0.05) is 0 Å². The fourth-order valence-electron chi connectivity index (χ4n) is 2.18. The van der Waals surface area contributed by atoms with Crippen LogP contribution < -0.4 is 0 Å². The molecule has 0 atom stereocenters.